The van der Waals surface area contributed by atoms with Crippen LogP contribution in [-0.4, -0.2) is 57.1 Å². The van der Waals surface area contributed by atoms with Crippen LogP contribution in [0, 0.1) is 5.92 Å². The van der Waals surface area contributed by atoms with Crippen LogP contribution in [0.25, 0.3) is 0 Å². The zero-order valence-electron chi connectivity index (χ0n) is 14.7. The molecule has 0 atom stereocenters. The first-order valence-electron chi connectivity index (χ1n) is 8.17. The summed E-state index contributed by atoms with van der Waals surface area (Å²) in [5, 5.41) is 0. The lowest BCUT2D eigenvalue weighted by atomic mass is 9.93. The van der Waals surface area contributed by atoms with E-state index in [2.05, 4.69) is 11.0 Å². The summed E-state index contributed by atoms with van der Waals surface area (Å²) in [6, 6.07) is 6.08. The zero-order valence-corrected chi connectivity index (χ0v) is 14.7. The van der Waals surface area contributed by atoms with Gasteiger partial charge >= 0.3 is 0 Å². The monoisotopic (exact) mass is 320 g/mol. The quantitative estimate of drug-likeness (QED) is 0.807. The summed E-state index contributed by atoms with van der Waals surface area (Å²) in [6.45, 7) is 2.99. The Bertz CT molecular complexity index is 523. The van der Waals surface area contributed by atoms with Crippen molar-refractivity contribution in [1.82, 2.24) is 9.80 Å². The minimum absolute atomic E-state index is 0.239. The second kappa shape index (κ2) is 8.20. The Balaban J connectivity index is 1.85. The Morgan fingerprint density at radius 1 is 1.17 bits per heavy atom. The summed E-state index contributed by atoms with van der Waals surface area (Å²) in [4.78, 5) is 15.9. The highest BCUT2D eigenvalue weighted by Gasteiger charge is 2.22. The smallest absolute Gasteiger partial charge is 0.222 e. The van der Waals surface area contributed by atoms with Crippen molar-refractivity contribution in [3.8, 4) is 11.5 Å². The topological polar surface area (TPSA) is 42.0 Å². The van der Waals surface area contributed by atoms with Gasteiger partial charge in [-0.2, -0.15) is 0 Å². The van der Waals surface area contributed by atoms with Crippen molar-refractivity contribution in [2.45, 2.75) is 25.8 Å². The van der Waals surface area contributed by atoms with Gasteiger partial charge in [0.15, 0.2) is 11.5 Å². The number of carbonyl (C=O) groups excluding carboxylic acids is 1. The number of likely N-dealkylation sites (tertiary alicyclic amines) is 1. The molecule has 5 nitrogen and oxygen atoms in total. The standard InChI is InChI=1S/C18H28N2O3/c1-19(2)18(21)12-14-7-9-20(10-8-14)13-15-5-6-16(22-3)17(11-15)23-4/h5-6,11,14H,7-10,12-13H2,1-4H3. The van der Waals surface area contributed by atoms with Gasteiger partial charge in [0.1, 0.15) is 0 Å². The van der Waals surface area contributed by atoms with E-state index in [-0.39, 0.29) is 5.91 Å². The number of carbonyl (C=O) groups is 1. The molecule has 0 aliphatic carbocycles. The summed E-state index contributed by atoms with van der Waals surface area (Å²) >= 11 is 0. The molecule has 1 aliphatic rings. The van der Waals surface area contributed by atoms with Crippen molar-refractivity contribution in [1.29, 1.82) is 0 Å². The molecule has 0 N–H and O–H groups in total. The maximum atomic E-state index is 11.8. The van der Waals surface area contributed by atoms with E-state index in [9.17, 15) is 4.79 Å². The minimum Gasteiger partial charge on any atom is -0.493 e. The highest BCUT2D eigenvalue weighted by Crippen LogP contribution is 2.29. The number of piperidine rings is 1. The summed E-state index contributed by atoms with van der Waals surface area (Å²) in [7, 11) is 6.97. The average Bonchev–Trinajstić information content (AvgIpc) is 2.56. The lowest BCUT2D eigenvalue weighted by Crippen LogP contribution is -2.35. The van der Waals surface area contributed by atoms with E-state index in [4.69, 9.17) is 9.47 Å². The van der Waals surface area contributed by atoms with Crippen LogP contribution in [0.3, 0.4) is 0 Å². The number of hydrogen-bond acceptors (Lipinski definition) is 4. The number of benzene rings is 1. The van der Waals surface area contributed by atoms with Gasteiger partial charge < -0.3 is 14.4 Å². The molecule has 0 unspecified atom stereocenters. The maximum Gasteiger partial charge on any atom is 0.222 e. The van der Waals surface area contributed by atoms with Crippen molar-refractivity contribution in [2.24, 2.45) is 5.92 Å². The van der Waals surface area contributed by atoms with Gasteiger partial charge in [0.2, 0.25) is 5.91 Å². The first-order chi connectivity index (χ1) is 11.0. The molecule has 1 fully saturated rings. The third-order valence-electron chi connectivity index (χ3n) is 4.52. The van der Waals surface area contributed by atoms with Gasteiger partial charge in [-0.25, -0.2) is 0 Å². The first-order valence-corrected chi connectivity index (χ1v) is 8.17. The van der Waals surface area contributed by atoms with E-state index in [1.54, 1.807) is 19.1 Å². The van der Waals surface area contributed by atoms with E-state index >= 15 is 0 Å². The largest absolute Gasteiger partial charge is 0.493 e. The van der Waals surface area contributed by atoms with Crippen molar-refractivity contribution in [3.05, 3.63) is 23.8 Å². The Morgan fingerprint density at radius 2 is 1.83 bits per heavy atom. The summed E-state index contributed by atoms with van der Waals surface area (Å²) in [5.74, 6) is 2.29. The van der Waals surface area contributed by atoms with Crippen LogP contribution in [0.15, 0.2) is 18.2 Å². The Labute approximate surface area is 139 Å². The molecule has 1 aromatic carbocycles. The van der Waals surface area contributed by atoms with Crippen LogP contribution in [0.1, 0.15) is 24.8 Å². The molecule has 5 heteroatoms. The van der Waals surface area contributed by atoms with Crippen molar-refractivity contribution < 1.29 is 14.3 Å². The van der Waals surface area contributed by atoms with Gasteiger partial charge in [0, 0.05) is 27.1 Å². The Hall–Kier alpha value is -1.75. The fraction of sp³-hybridized carbons (Fsp3) is 0.611. The number of methoxy groups -OCH3 is 2. The highest BCUT2D eigenvalue weighted by molar-refractivity contribution is 5.75. The molecule has 23 heavy (non-hydrogen) atoms. The molecule has 1 aromatic rings. The maximum absolute atomic E-state index is 11.8. The van der Waals surface area contributed by atoms with Crippen molar-refractivity contribution in [3.63, 3.8) is 0 Å². The summed E-state index contributed by atoms with van der Waals surface area (Å²) in [6.07, 6.45) is 2.86. The van der Waals surface area contributed by atoms with E-state index in [1.807, 2.05) is 26.2 Å². The molecular formula is C18H28N2O3. The SMILES string of the molecule is COc1ccc(CN2CCC(CC(=O)N(C)C)CC2)cc1OC. The first kappa shape index (κ1) is 17.6. The second-order valence-electron chi connectivity index (χ2n) is 6.40. The molecule has 1 amide bonds. The van der Waals surface area contributed by atoms with E-state index in [0.29, 0.717) is 12.3 Å². The van der Waals surface area contributed by atoms with Crippen LogP contribution in [0.4, 0.5) is 0 Å². The summed E-state index contributed by atoms with van der Waals surface area (Å²) < 4.78 is 10.6. The van der Waals surface area contributed by atoms with Gasteiger partial charge in [0.25, 0.3) is 0 Å². The molecular weight excluding hydrogens is 292 g/mol. The predicted octanol–water partition coefficient (Wildman–Crippen LogP) is 2.39. The molecule has 1 heterocycles. The second-order valence-corrected chi connectivity index (χ2v) is 6.40. The van der Waals surface area contributed by atoms with Gasteiger partial charge in [0.05, 0.1) is 14.2 Å². The fourth-order valence-corrected chi connectivity index (χ4v) is 3.02. The number of hydrogen-bond donors (Lipinski definition) is 0. The molecule has 0 bridgehead atoms. The van der Waals surface area contributed by atoms with Crippen LogP contribution in [0.5, 0.6) is 11.5 Å². The lowest BCUT2D eigenvalue weighted by molar-refractivity contribution is -0.130. The fourth-order valence-electron chi connectivity index (χ4n) is 3.02. The Morgan fingerprint density at radius 3 is 2.39 bits per heavy atom. The number of nitrogens with zero attached hydrogens (tertiary/aromatic N) is 2. The van der Waals surface area contributed by atoms with Gasteiger partial charge in [-0.15, -0.1) is 0 Å². The number of rotatable bonds is 6. The van der Waals surface area contributed by atoms with Crippen LogP contribution in [0.2, 0.25) is 0 Å². The average molecular weight is 320 g/mol. The number of amides is 1. The highest BCUT2D eigenvalue weighted by atomic mass is 16.5. The third-order valence-corrected chi connectivity index (χ3v) is 4.52. The summed E-state index contributed by atoms with van der Waals surface area (Å²) in [5.41, 5.74) is 1.23. The molecule has 0 spiro atoms. The minimum atomic E-state index is 0.239. The third kappa shape index (κ3) is 4.86. The van der Waals surface area contributed by atoms with Crippen LogP contribution in [-0.2, 0) is 11.3 Å². The zero-order chi connectivity index (χ0) is 16.8. The van der Waals surface area contributed by atoms with Crippen molar-refractivity contribution >= 4 is 5.91 Å². The Kier molecular flexibility index (Phi) is 6.28. The van der Waals surface area contributed by atoms with Crippen molar-refractivity contribution in [2.75, 3.05) is 41.4 Å². The molecule has 0 saturated carbocycles. The predicted molar refractivity (Wildman–Crippen MR) is 90.9 cm³/mol. The molecule has 2 rings (SSSR count). The normalized spacial score (nSPS) is 16.2. The lowest BCUT2D eigenvalue weighted by Gasteiger charge is -2.32. The van der Waals surface area contributed by atoms with Gasteiger partial charge in [-0.1, -0.05) is 6.07 Å². The van der Waals surface area contributed by atoms with Crippen LogP contribution < -0.4 is 9.47 Å². The van der Waals surface area contributed by atoms with E-state index < -0.39 is 0 Å². The van der Waals surface area contributed by atoms with Crippen LogP contribution >= 0.6 is 0 Å². The molecule has 128 valence electrons. The van der Waals surface area contributed by atoms with Gasteiger partial charge in [-0.3, -0.25) is 9.69 Å². The molecule has 0 radical (unpaired) electrons. The number of ether oxygens (including phenoxy) is 2. The molecule has 1 aliphatic heterocycles. The van der Waals surface area contributed by atoms with E-state index in [1.165, 1.54) is 5.56 Å². The molecule has 0 aromatic heterocycles. The molecule has 1 saturated heterocycles. The van der Waals surface area contributed by atoms with Gasteiger partial charge in [-0.05, 0) is 49.5 Å². The van der Waals surface area contributed by atoms with E-state index in [0.717, 1.165) is 44.0 Å².